The van der Waals surface area contributed by atoms with Crippen molar-refractivity contribution in [2.75, 3.05) is 0 Å². The summed E-state index contributed by atoms with van der Waals surface area (Å²) in [6, 6.07) is 6.75. The van der Waals surface area contributed by atoms with Crippen LogP contribution in [-0.4, -0.2) is 11.1 Å². The molecule has 1 aromatic carbocycles. The zero-order valence-electron chi connectivity index (χ0n) is 10.7. The number of hydrogen-bond acceptors (Lipinski definition) is 3. The second-order valence-electron chi connectivity index (χ2n) is 4.48. The van der Waals surface area contributed by atoms with Crippen LogP contribution >= 0.6 is 0 Å². The maximum absolute atomic E-state index is 12.6. The summed E-state index contributed by atoms with van der Waals surface area (Å²) in [7, 11) is 0. The number of carbonyl (C=O) groups is 1. The molecule has 2 rings (SSSR count). The SMILES string of the molecule is N[C@@H](CC(=O)O)c1ccc(-c2cccc(C(F)(F)F)c2)o1. The largest absolute Gasteiger partial charge is 0.481 e. The molecule has 1 atom stereocenters. The predicted octanol–water partition coefficient (Wildman–Crippen LogP) is 3.44. The highest BCUT2D eigenvalue weighted by molar-refractivity contribution is 5.68. The van der Waals surface area contributed by atoms with Gasteiger partial charge in [0.05, 0.1) is 18.0 Å². The third kappa shape index (κ3) is 3.63. The minimum Gasteiger partial charge on any atom is -0.481 e. The minimum absolute atomic E-state index is 0.205. The third-order valence-corrected chi connectivity index (χ3v) is 2.86. The fraction of sp³-hybridized carbons (Fsp3) is 0.214. The van der Waals surface area contributed by atoms with Crippen molar-refractivity contribution in [2.24, 2.45) is 5.73 Å². The lowest BCUT2D eigenvalue weighted by molar-refractivity contribution is -0.138. The smallest absolute Gasteiger partial charge is 0.416 e. The first kappa shape index (κ1) is 15.1. The van der Waals surface area contributed by atoms with E-state index >= 15 is 0 Å². The van der Waals surface area contributed by atoms with Gasteiger partial charge in [0.1, 0.15) is 11.5 Å². The molecular weight excluding hydrogens is 287 g/mol. The molecule has 0 aliphatic carbocycles. The topological polar surface area (TPSA) is 76.5 Å². The molecule has 0 saturated carbocycles. The number of halogens is 3. The molecule has 0 spiro atoms. The summed E-state index contributed by atoms with van der Waals surface area (Å²) in [6.07, 6.45) is -4.76. The molecule has 7 heteroatoms. The molecule has 2 aromatic rings. The number of nitrogens with two attached hydrogens (primary N) is 1. The van der Waals surface area contributed by atoms with E-state index in [2.05, 4.69) is 0 Å². The van der Waals surface area contributed by atoms with Crippen molar-refractivity contribution in [3.8, 4) is 11.3 Å². The molecule has 0 unspecified atom stereocenters. The molecule has 112 valence electrons. The average Bonchev–Trinajstić information content (AvgIpc) is 2.86. The Hall–Kier alpha value is -2.28. The van der Waals surface area contributed by atoms with Crippen LogP contribution < -0.4 is 5.73 Å². The number of aliphatic carboxylic acids is 1. The Balaban J connectivity index is 2.28. The Morgan fingerprint density at radius 3 is 2.62 bits per heavy atom. The number of furan rings is 1. The molecule has 0 radical (unpaired) electrons. The number of hydrogen-bond donors (Lipinski definition) is 2. The van der Waals surface area contributed by atoms with Crippen LogP contribution in [0.1, 0.15) is 23.8 Å². The van der Waals surface area contributed by atoms with E-state index in [9.17, 15) is 18.0 Å². The van der Waals surface area contributed by atoms with Gasteiger partial charge in [-0.2, -0.15) is 13.2 Å². The number of alkyl halides is 3. The van der Waals surface area contributed by atoms with Gasteiger partial charge in [0, 0.05) is 5.56 Å². The molecule has 21 heavy (non-hydrogen) atoms. The van der Waals surface area contributed by atoms with Crippen molar-refractivity contribution in [2.45, 2.75) is 18.6 Å². The summed E-state index contributed by atoms with van der Waals surface area (Å²) in [4.78, 5) is 10.6. The van der Waals surface area contributed by atoms with E-state index in [0.29, 0.717) is 0 Å². The average molecular weight is 299 g/mol. The van der Waals surface area contributed by atoms with Gasteiger partial charge in [-0.25, -0.2) is 0 Å². The first-order valence-electron chi connectivity index (χ1n) is 6.02. The molecular formula is C14H12F3NO3. The molecule has 0 amide bonds. The fourth-order valence-electron chi connectivity index (χ4n) is 1.84. The highest BCUT2D eigenvalue weighted by Gasteiger charge is 2.30. The highest BCUT2D eigenvalue weighted by Crippen LogP contribution is 2.33. The van der Waals surface area contributed by atoms with E-state index in [-0.39, 0.29) is 23.5 Å². The van der Waals surface area contributed by atoms with Crippen LogP contribution in [0.2, 0.25) is 0 Å². The quantitative estimate of drug-likeness (QED) is 0.906. The monoisotopic (exact) mass is 299 g/mol. The van der Waals surface area contributed by atoms with E-state index in [1.807, 2.05) is 0 Å². The van der Waals surface area contributed by atoms with Gasteiger partial charge in [0.2, 0.25) is 0 Å². The normalized spacial score (nSPS) is 13.1. The van der Waals surface area contributed by atoms with Crippen molar-refractivity contribution < 1.29 is 27.5 Å². The van der Waals surface area contributed by atoms with Crippen molar-refractivity contribution in [1.29, 1.82) is 0 Å². The molecule has 1 aromatic heterocycles. The molecule has 1 heterocycles. The second-order valence-corrected chi connectivity index (χ2v) is 4.48. The van der Waals surface area contributed by atoms with Crippen LogP contribution in [0, 0.1) is 0 Å². The van der Waals surface area contributed by atoms with Crippen LogP contribution in [0.4, 0.5) is 13.2 Å². The van der Waals surface area contributed by atoms with Crippen molar-refractivity contribution in [3.05, 3.63) is 47.7 Å². The first-order valence-corrected chi connectivity index (χ1v) is 6.02. The Bertz CT molecular complexity index is 649. The molecule has 3 N–H and O–H groups in total. The Kier molecular flexibility index (Phi) is 4.04. The Morgan fingerprint density at radius 2 is 2.00 bits per heavy atom. The molecule has 4 nitrogen and oxygen atoms in total. The summed E-state index contributed by atoms with van der Waals surface area (Å²) in [5.74, 6) is -0.665. The molecule has 0 fully saturated rings. The van der Waals surface area contributed by atoms with Gasteiger partial charge < -0.3 is 15.3 Å². The van der Waals surface area contributed by atoms with Crippen LogP contribution in [0.5, 0.6) is 0 Å². The number of rotatable bonds is 4. The molecule has 0 saturated heterocycles. The van der Waals surface area contributed by atoms with E-state index < -0.39 is 23.8 Å². The third-order valence-electron chi connectivity index (χ3n) is 2.86. The van der Waals surface area contributed by atoms with Crippen LogP contribution in [-0.2, 0) is 11.0 Å². The molecule has 0 bridgehead atoms. The van der Waals surface area contributed by atoms with Gasteiger partial charge in [-0.1, -0.05) is 12.1 Å². The van der Waals surface area contributed by atoms with Crippen LogP contribution in [0.15, 0.2) is 40.8 Å². The van der Waals surface area contributed by atoms with E-state index in [4.69, 9.17) is 15.3 Å². The van der Waals surface area contributed by atoms with E-state index in [0.717, 1.165) is 12.1 Å². The van der Waals surface area contributed by atoms with Crippen LogP contribution in [0.3, 0.4) is 0 Å². The van der Waals surface area contributed by atoms with Crippen molar-refractivity contribution in [3.63, 3.8) is 0 Å². The summed E-state index contributed by atoms with van der Waals surface area (Å²) >= 11 is 0. The molecule has 0 aliphatic heterocycles. The second kappa shape index (κ2) is 5.61. The fourth-order valence-corrected chi connectivity index (χ4v) is 1.84. The lowest BCUT2D eigenvalue weighted by Gasteiger charge is -2.08. The van der Waals surface area contributed by atoms with Crippen molar-refractivity contribution in [1.82, 2.24) is 0 Å². The maximum Gasteiger partial charge on any atom is 0.416 e. The van der Waals surface area contributed by atoms with E-state index in [1.54, 1.807) is 0 Å². The Labute approximate surface area is 118 Å². The first-order chi connectivity index (χ1) is 9.77. The van der Waals surface area contributed by atoms with Crippen LogP contribution in [0.25, 0.3) is 11.3 Å². The van der Waals surface area contributed by atoms with Gasteiger partial charge in [-0.3, -0.25) is 4.79 Å². The Morgan fingerprint density at radius 1 is 1.29 bits per heavy atom. The summed E-state index contributed by atoms with van der Waals surface area (Å²) in [6.45, 7) is 0. The van der Waals surface area contributed by atoms with Gasteiger partial charge in [-0.15, -0.1) is 0 Å². The predicted molar refractivity (Wildman–Crippen MR) is 68.3 cm³/mol. The van der Waals surface area contributed by atoms with Gasteiger partial charge in [-0.05, 0) is 24.3 Å². The summed E-state index contributed by atoms with van der Waals surface area (Å²) in [5, 5.41) is 8.65. The summed E-state index contributed by atoms with van der Waals surface area (Å²) in [5.41, 5.74) is 5.10. The lowest BCUT2D eigenvalue weighted by Crippen LogP contribution is -2.14. The van der Waals surface area contributed by atoms with E-state index in [1.165, 1.54) is 24.3 Å². The number of carboxylic acid groups (broad SMARTS) is 1. The summed E-state index contributed by atoms with van der Waals surface area (Å²) < 4.78 is 43.3. The van der Waals surface area contributed by atoms with Gasteiger partial charge in [0.25, 0.3) is 0 Å². The lowest BCUT2D eigenvalue weighted by atomic mass is 10.1. The zero-order valence-corrected chi connectivity index (χ0v) is 10.7. The minimum atomic E-state index is -4.44. The molecule has 0 aliphatic rings. The zero-order chi connectivity index (χ0) is 15.6. The van der Waals surface area contributed by atoms with Crippen molar-refractivity contribution >= 4 is 5.97 Å². The maximum atomic E-state index is 12.6. The highest BCUT2D eigenvalue weighted by atomic mass is 19.4. The number of benzene rings is 1. The van der Waals surface area contributed by atoms with Gasteiger partial charge >= 0.3 is 12.1 Å². The van der Waals surface area contributed by atoms with Gasteiger partial charge in [0.15, 0.2) is 0 Å². The number of carboxylic acids is 1. The standard InChI is InChI=1S/C14H12F3NO3/c15-14(16,17)9-3-1-2-8(6-9)11-4-5-12(21-11)10(18)7-13(19)20/h1-6,10H,7,18H2,(H,19,20)/t10-/m0/s1.